The largest absolute Gasteiger partial charge is 0.497 e. The van der Waals surface area contributed by atoms with Crippen LogP contribution >= 0.6 is 24.8 Å². The second-order valence-corrected chi connectivity index (χ2v) is 9.39. The Morgan fingerprint density at radius 1 is 1.06 bits per heavy atom. The van der Waals surface area contributed by atoms with Crippen LogP contribution in [0.25, 0.3) is 10.9 Å². The number of hydrogen-bond donors (Lipinski definition) is 3. The van der Waals surface area contributed by atoms with Gasteiger partial charge in [0.1, 0.15) is 11.6 Å². The van der Waals surface area contributed by atoms with Crippen molar-refractivity contribution in [2.75, 3.05) is 25.5 Å². The van der Waals surface area contributed by atoms with E-state index in [4.69, 9.17) is 9.72 Å². The Morgan fingerprint density at radius 2 is 1.78 bits per heavy atom. The van der Waals surface area contributed by atoms with E-state index in [1.54, 1.807) is 7.11 Å². The van der Waals surface area contributed by atoms with Gasteiger partial charge >= 0.3 is 0 Å². The Kier molecular flexibility index (Phi) is 12.0. The number of nitrogens with one attached hydrogen (secondary N) is 3. The summed E-state index contributed by atoms with van der Waals surface area (Å²) in [4.78, 5) is 26.9. The molecule has 4 rings (SSSR count). The number of ether oxygens (including phenoxy) is 1. The molecule has 1 amide bonds. The number of nitrogens with zero attached hydrogens (tertiary/aromatic N) is 3. The molecule has 8 nitrogen and oxygen atoms in total. The minimum atomic E-state index is -0.230. The molecule has 1 aromatic heterocycles. The molecule has 36 heavy (non-hydrogen) atoms. The van der Waals surface area contributed by atoms with E-state index in [0.29, 0.717) is 18.3 Å². The van der Waals surface area contributed by atoms with Crippen molar-refractivity contribution in [1.29, 1.82) is 0 Å². The molecule has 1 aliphatic carbocycles. The summed E-state index contributed by atoms with van der Waals surface area (Å²) in [5.74, 6) is 2.97. The first kappa shape index (κ1) is 29.9. The number of amidine groups is 1. The van der Waals surface area contributed by atoms with Crippen molar-refractivity contribution in [1.82, 2.24) is 20.6 Å². The number of rotatable bonds is 9. The van der Waals surface area contributed by atoms with Gasteiger partial charge in [0.2, 0.25) is 5.82 Å². The molecule has 1 aliphatic heterocycles. The van der Waals surface area contributed by atoms with Crippen LogP contribution in [0.3, 0.4) is 0 Å². The molecule has 2 aliphatic rings. The van der Waals surface area contributed by atoms with Crippen LogP contribution < -0.4 is 20.7 Å². The fourth-order valence-electron chi connectivity index (χ4n) is 4.86. The highest BCUT2D eigenvalue weighted by atomic mass is 35.5. The zero-order chi connectivity index (χ0) is 23.9. The summed E-state index contributed by atoms with van der Waals surface area (Å²) >= 11 is 0. The Balaban J connectivity index is 0.00000228. The summed E-state index contributed by atoms with van der Waals surface area (Å²) in [5.41, 5.74) is 0.728. The van der Waals surface area contributed by atoms with Crippen LogP contribution in [0, 0.1) is 5.92 Å². The van der Waals surface area contributed by atoms with E-state index in [1.807, 2.05) is 18.2 Å². The third-order valence-electron chi connectivity index (χ3n) is 7.13. The van der Waals surface area contributed by atoms with Crippen LogP contribution in [0.1, 0.15) is 75.8 Å². The summed E-state index contributed by atoms with van der Waals surface area (Å²) in [5, 5.41) is 11.3. The number of methoxy groups -OCH3 is 1. The molecule has 0 unspecified atom stereocenters. The van der Waals surface area contributed by atoms with E-state index in [2.05, 4.69) is 39.8 Å². The summed E-state index contributed by atoms with van der Waals surface area (Å²) in [6, 6.07) is 6.18. The predicted octanol–water partition coefficient (Wildman–Crippen LogP) is 5.15. The maximum absolute atomic E-state index is 13.0. The van der Waals surface area contributed by atoms with E-state index >= 15 is 0 Å². The van der Waals surface area contributed by atoms with Gasteiger partial charge in [-0.25, -0.2) is 9.97 Å². The number of fused-ring (bicyclic) bond motifs is 1. The van der Waals surface area contributed by atoms with Crippen LogP contribution in [-0.2, 0) is 0 Å². The first-order chi connectivity index (χ1) is 16.6. The zero-order valence-electron chi connectivity index (χ0n) is 21.5. The fraction of sp³-hybridized carbons (Fsp3) is 0.615. The molecule has 0 spiro atoms. The van der Waals surface area contributed by atoms with Gasteiger partial charge in [-0.3, -0.25) is 9.79 Å². The number of carbonyl (C=O) groups is 1. The van der Waals surface area contributed by atoms with Crippen molar-refractivity contribution >= 4 is 53.3 Å². The zero-order valence-corrected chi connectivity index (χ0v) is 23.1. The summed E-state index contributed by atoms with van der Waals surface area (Å²) in [6.45, 7) is 5.84. The maximum atomic E-state index is 13.0. The van der Waals surface area contributed by atoms with E-state index in [1.165, 1.54) is 6.42 Å². The van der Waals surface area contributed by atoms with Crippen LogP contribution in [0.2, 0.25) is 0 Å². The second-order valence-electron chi connectivity index (χ2n) is 9.39. The molecule has 2 aromatic rings. The van der Waals surface area contributed by atoms with E-state index in [9.17, 15) is 4.79 Å². The number of carbonyl (C=O) groups excluding carboxylic acids is 1. The molecule has 1 saturated carbocycles. The Labute approximate surface area is 226 Å². The Morgan fingerprint density at radius 3 is 2.42 bits per heavy atom. The van der Waals surface area contributed by atoms with Crippen LogP contribution in [0.5, 0.6) is 5.75 Å². The average Bonchev–Trinajstić information content (AvgIpc) is 3.38. The number of anilines is 1. The van der Waals surface area contributed by atoms with Crippen molar-refractivity contribution in [3.8, 4) is 5.75 Å². The lowest BCUT2D eigenvalue weighted by atomic mass is 9.90. The summed E-state index contributed by atoms with van der Waals surface area (Å²) in [7, 11) is 1.65. The lowest BCUT2D eigenvalue weighted by Crippen LogP contribution is -2.48. The molecular weight excluding hydrogens is 499 g/mol. The van der Waals surface area contributed by atoms with E-state index < -0.39 is 0 Å². The second kappa shape index (κ2) is 14.4. The van der Waals surface area contributed by atoms with Gasteiger partial charge in [-0.1, -0.05) is 39.5 Å². The number of benzene rings is 1. The number of halogens is 2. The third kappa shape index (κ3) is 7.35. The van der Waals surface area contributed by atoms with Crippen molar-refractivity contribution in [2.45, 2.75) is 77.3 Å². The molecule has 3 N–H and O–H groups in total. The monoisotopic (exact) mass is 538 g/mol. The lowest BCUT2D eigenvalue weighted by molar-refractivity contribution is 0.0936. The molecule has 2 atom stereocenters. The molecule has 0 radical (unpaired) electrons. The first-order valence-electron chi connectivity index (χ1n) is 12.8. The van der Waals surface area contributed by atoms with Gasteiger partial charge in [0.05, 0.1) is 18.5 Å². The van der Waals surface area contributed by atoms with Crippen LogP contribution in [0.4, 0.5) is 5.82 Å². The van der Waals surface area contributed by atoms with Gasteiger partial charge in [0, 0.05) is 37.0 Å². The Hall–Kier alpha value is -2.32. The predicted molar refractivity (Wildman–Crippen MR) is 151 cm³/mol. The van der Waals surface area contributed by atoms with Gasteiger partial charge in [0.15, 0.2) is 0 Å². The molecule has 1 fully saturated rings. The quantitative estimate of drug-likeness (QED) is 0.408. The number of hydrogen-bond acceptors (Lipinski definition) is 7. The molecule has 2 heterocycles. The average molecular weight is 540 g/mol. The minimum absolute atomic E-state index is 0. The standard InChI is InChI=1S/C26H38N6O2.2ClH/c1-4-17(5-2)16-28-26(33)25-30-20-13-12-18(34-3)15-19(20)24(32-25)31-22-10-7-6-9-21(22)29-23-11-8-14-27-23;;/h12-13,15,17,21-22H,4-11,14,16H2,1-3H3,(H,27,29)(H,28,33)(H,30,31,32);2*1H/t21-,22+;;/m1../s1. The molecule has 200 valence electrons. The van der Waals surface area contributed by atoms with Gasteiger partial charge < -0.3 is 20.7 Å². The van der Waals surface area contributed by atoms with Crippen molar-refractivity contribution in [2.24, 2.45) is 10.9 Å². The summed E-state index contributed by atoms with van der Waals surface area (Å²) in [6.07, 6.45) is 8.70. The third-order valence-corrected chi connectivity index (χ3v) is 7.13. The Bertz CT molecular complexity index is 1030. The molecule has 0 bridgehead atoms. The van der Waals surface area contributed by atoms with Crippen LogP contribution in [-0.4, -0.2) is 54.0 Å². The highest BCUT2D eigenvalue weighted by molar-refractivity contribution is 5.97. The number of aliphatic imine (C=N–C) groups is 1. The van der Waals surface area contributed by atoms with Crippen molar-refractivity contribution in [3.05, 3.63) is 24.0 Å². The fourth-order valence-corrected chi connectivity index (χ4v) is 4.86. The van der Waals surface area contributed by atoms with Crippen molar-refractivity contribution < 1.29 is 9.53 Å². The first-order valence-corrected chi connectivity index (χ1v) is 12.8. The number of aromatic nitrogens is 2. The SMILES string of the molecule is CCC(CC)CNC(=O)c1nc(N[C@H]2CCCC[C@H]2NC2=NCCC2)c2cc(OC)ccc2n1.Cl.Cl. The van der Waals surface area contributed by atoms with Gasteiger partial charge in [-0.05, 0) is 43.4 Å². The highest BCUT2D eigenvalue weighted by Crippen LogP contribution is 2.29. The highest BCUT2D eigenvalue weighted by Gasteiger charge is 2.28. The molecule has 10 heteroatoms. The molecule has 0 saturated heterocycles. The smallest absolute Gasteiger partial charge is 0.289 e. The normalized spacial score (nSPS) is 19.2. The number of amides is 1. The van der Waals surface area contributed by atoms with Gasteiger partial charge in [-0.15, -0.1) is 24.8 Å². The topological polar surface area (TPSA) is 101 Å². The van der Waals surface area contributed by atoms with E-state index in [-0.39, 0.29) is 48.6 Å². The van der Waals surface area contributed by atoms with Gasteiger partial charge in [-0.2, -0.15) is 0 Å². The lowest BCUT2D eigenvalue weighted by Gasteiger charge is -2.34. The maximum Gasteiger partial charge on any atom is 0.289 e. The van der Waals surface area contributed by atoms with Crippen molar-refractivity contribution in [3.63, 3.8) is 0 Å². The molecular formula is C26H40Cl2N6O2. The summed E-state index contributed by atoms with van der Waals surface area (Å²) < 4.78 is 5.45. The van der Waals surface area contributed by atoms with Gasteiger partial charge in [0.25, 0.3) is 5.91 Å². The minimum Gasteiger partial charge on any atom is -0.497 e. The molecule has 1 aromatic carbocycles. The van der Waals surface area contributed by atoms with E-state index in [0.717, 1.165) is 74.0 Å². The van der Waals surface area contributed by atoms with Crippen LogP contribution in [0.15, 0.2) is 23.2 Å².